The lowest BCUT2D eigenvalue weighted by Crippen LogP contribution is -2.28. The fourth-order valence-electron chi connectivity index (χ4n) is 3.07. The van der Waals surface area contributed by atoms with Crippen LogP contribution in [0.3, 0.4) is 0 Å². The Labute approximate surface area is 177 Å². The van der Waals surface area contributed by atoms with Gasteiger partial charge in [-0.2, -0.15) is 0 Å². The zero-order valence-corrected chi connectivity index (χ0v) is 17.0. The standard InChI is InChI=1S/C24H26N4O2/c1-28(18-19-8-3-2-4-9-19)15-7-14-26-23(29)20-10-5-12-22(16-20)27-24(30)21-11-6-13-25-17-21/h2-6,8-13,16-17H,7,14-15,18H2,1H3,(H,26,29)(H,27,30). The number of hydrogen-bond donors (Lipinski definition) is 2. The summed E-state index contributed by atoms with van der Waals surface area (Å²) in [6.45, 7) is 2.36. The predicted molar refractivity (Wildman–Crippen MR) is 118 cm³/mol. The minimum absolute atomic E-state index is 0.154. The monoisotopic (exact) mass is 402 g/mol. The Bertz CT molecular complexity index is 961. The van der Waals surface area contributed by atoms with Crippen LogP contribution in [0, 0.1) is 0 Å². The molecule has 3 aromatic rings. The van der Waals surface area contributed by atoms with Crippen LogP contribution in [0.5, 0.6) is 0 Å². The number of amides is 2. The van der Waals surface area contributed by atoms with Gasteiger partial charge in [-0.1, -0.05) is 36.4 Å². The summed E-state index contributed by atoms with van der Waals surface area (Å²) in [6, 6.07) is 20.6. The summed E-state index contributed by atoms with van der Waals surface area (Å²) < 4.78 is 0. The van der Waals surface area contributed by atoms with Crippen molar-refractivity contribution in [2.75, 3.05) is 25.5 Å². The molecule has 6 heteroatoms. The molecule has 0 saturated carbocycles. The van der Waals surface area contributed by atoms with E-state index < -0.39 is 0 Å². The van der Waals surface area contributed by atoms with Crippen molar-refractivity contribution in [2.45, 2.75) is 13.0 Å². The first-order valence-electron chi connectivity index (χ1n) is 9.94. The summed E-state index contributed by atoms with van der Waals surface area (Å²) in [6.07, 6.45) is 3.97. The molecule has 1 heterocycles. The normalized spacial score (nSPS) is 10.6. The van der Waals surface area contributed by atoms with Crippen LogP contribution in [0.15, 0.2) is 79.1 Å². The molecule has 154 valence electrons. The van der Waals surface area contributed by atoms with Crippen molar-refractivity contribution in [1.29, 1.82) is 0 Å². The predicted octanol–water partition coefficient (Wildman–Crippen LogP) is 3.59. The Balaban J connectivity index is 1.44. The highest BCUT2D eigenvalue weighted by Gasteiger charge is 2.09. The first kappa shape index (κ1) is 21.2. The lowest BCUT2D eigenvalue weighted by atomic mass is 10.1. The van der Waals surface area contributed by atoms with E-state index in [1.165, 1.54) is 11.8 Å². The van der Waals surface area contributed by atoms with Crippen molar-refractivity contribution in [3.63, 3.8) is 0 Å². The molecule has 0 aliphatic carbocycles. The quantitative estimate of drug-likeness (QED) is 0.537. The van der Waals surface area contributed by atoms with Gasteiger partial charge in [0.25, 0.3) is 11.8 Å². The number of carbonyl (C=O) groups is 2. The Morgan fingerprint density at radius 1 is 0.933 bits per heavy atom. The summed E-state index contributed by atoms with van der Waals surface area (Å²) in [4.78, 5) is 30.9. The van der Waals surface area contributed by atoms with Crippen LogP contribution >= 0.6 is 0 Å². The van der Waals surface area contributed by atoms with E-state index in [0.717, 1.165) is 19.5 Å². The number of benzene rings is 2. The van der Waals surface area contributed by atoms with Crippen LogP contribution in [0.1, 0.15) is 32.7 Å². The van der Waals surface area contributed by atoms with E-state index in [-0.39, 0.29) is 11.8 Å². The minimum atomic E-state index is -0.262. The summed E-state index contributed by atoms with van der Waals surface area (Å²) in [7, 11) is 2.07. The van der Waals surface area contributed by atoms with Crippen LogP contribution in [0.2, 0.25) is 0 Å². The van der Waals surface area contributed by atoms with Gasteiger partial charge < -0.3 is 15.5 Å². The van der Waals surface area contributed by atoms with Crippen LogP contribution in [0.4, 0.5) is 5.69 Å². The van der Waals surface area contributed by atoms with E-state index in [1.54, 1.807) is 42.6 Å². The van der Waals surface area contributed by atoms with Gasteiger partial charge in [0.2, 0.25) is 0 Å². The van der Waals surface area contributed by atoms with Crippen molar-refractivity contribution in [1.82, 2.24) is 15.2 Å². The van der Waals surface area contributed by atoms with Gasteiger partial charge in [-0.05, 0) is 55.9 Å². The van der Waals surface area contributed by atoms with Gasteiger partial charge in [0.15, 0.2) is 0 Å². The fraction of sp³-hybridized carbons (Fsp3) is 0.208. The number of hydrogen-bond acceptors (Lipinski definition) is 4. The Morgan fingerprint density at radius 2 is 1.73 bits per heavy atom. The van der Waals surface area contributed by atoms with E-state index in [4.69, 9.17) is 0 Å². The third-order valence-corrected chi connectivity index (χ3v) is 4.60. The zero-order valence-electron chi connectivity index (χ0n) is 17.0. The first-order valence-corrected chi connectivity index (χ1v) is 9.94. The second-order valence-corrected chi connectivity index (χ2v) is 7.11. The molecule has 0 fully saturated rings. The minimum Gasteiger partial charge on any atom is -0.352 e. The molecule has 0 atom stereocenters. The highest BCUT2D eigenvalue weighted by Crippen LogP contribution is 2.12. The number of anilines is 1. The highest BCUT2D eigenvalue weighted by atomic mass is 16.2. The lowest BCUT2D eigenvalue weighted by Gasteiger charge is -2.16. The lowest BCUT2D eigenvalue weighted by molar-refractivity contribution is 0.0950. The number of pyridine rings is 1. The van der Waals surface area contributed by atoms with Crippen molar-refractivity contribution in [3.8, 4) is 0 Å². The summed E-state index contributed by atoms with van der Waals surface area (Å²) in [5.74, 6) is -0.416. The number of rotatable bonds is 9. The average Bonchev–Trinajstić information content (AvgIpc) is 2.78. The summed E-state index contributed by atoms with van der Waals surface area (Å²) >= 11 is 0. The second-order valence-electron chi connectivity index (χ2n) is 7.11. The zero-order chi connectivity index (χ0) is 21.2. The van der Waals surface area contributed by atoms with Gasteiger partial charge >= 0.3 is 0 Å². The maximum absolute atomic E-state index is 12.4. The third-order valence-electron chi connectivity index (χ3n) is 4.60. The van der Waals surface area contributed by atoms with Gasteiger partial charge in [0.05, 0.1) is 5.56 Å². The van der Waals surface area contributed by atoms with Crippen molar-refractivity contribution >= 4 is 17.5 Å². The van der Waals surface area contributed by atoms with Gasteiger partial charge in [0, 0.05) is 36.7 Å². The molecule has 0 aliphatic heterocycles. The van der Waals surface area contributed by atoms with Crippen LogP contribution in [-0.2, 0) is 6.54 Å². The molecule has 0 saturated heterocycles. The molecule has 6 nitrogen and oxygen atoms in total. The largest absolute Gasteiger partial charge is 0.352 e. The number of aromatic nitrogens is 1. The summed E-state index contributed by atoms with van der Waals surface area (Å²) in [5, 5.41) is 5.74. The van der Waals surface area contributed by atoms with E-state index in [2.05, 4.69) is 39.7 Å². The molecule has 0 spiro atoms. The fourth-order valence-corrected chi connectivity index (χ4v) is 3.07. The average molecular weight is 402 g/mol. The van der Waals surface area contributed by atoms with Gasteiger partial charge in [-0.25, -0.2) is 0 Å². The van der Waals surface area contributed by atoms with E-state index >= 15 is 0 Å². The molecule has 30 heavy (non-hydrogen) atoms. The van der Waals surface area contributed by atoms with Gasteiger partial charge in [0.1, 0.15) is 0 Å². The van der Waals surface area contributed by atoms with Gasteiger partial charge in [-0.15, -0.1) is 0 Å². The van der Waals surface area contributed by atoms with Crippen LogP contribution in [0.25, 0.3) is 0 Å². The molecule has 2 aromatic carbocycles. The smallest absolute Gasteiger partial charge is 0.257 e. The maximum Gasteiger partial charge on any atom is 0.257 e. The molecule has 0 aliphatic rings. The van der Waals surface area contributed by atoms with Crippen molar-refractivity contribution < 1.29 is 9.59 Å². The number of nitrogens with zero attached hydrogens (tertiary/aromatic N) is 2. The molecular weight excluding hydrogens is 376 g/mol. The van der Waals surface area contributed by atoms with E-state index in [1.807, 2.05) is 18.2 Å². The first-order chi connectivity index (χ1) is 14.6. The Kier molecular flexibility index (Phi) is 7.69. The third kappa shape index (κ3) is 6.53. The van der Waals surface area contributed by atoms with Gasteiger partial charge in [-0.3, -0.25) is 14.6 Å². The maximum atomic E-state index is 12.4. The highest BCUT2D eigenvalue weighted by molar-refractivity contribution is 6.04. The molecule has 2 N–H and O–H groups in total. The topological polar surface area (TPSA) is 74.3 Å². The Morgan fingerprint density at radius 3 is 2.50 bits per heavy atom. The van der Waals surface area contributed by atoms with Crippen molar-refractivity contribution in [2.24, 2.45) is 0 Å². The van der Waals surface area contributed by atoms with E-state index in [9.17, 15) is 9.59 Å². The molecule has 0 bridgehead atoms. The molecule has 0 unspecified atom stereocenters. The molecule has 1 aromatic heterocycles. The molecular formula is C24H26N4O2. The van der Waals surface area contributed by atoms with E-state index in [0.29, 0.717) is 23.4 Å². The molecule has 2 amide bonds. The number of carbonyl (C=O) groups excluding carboxylic acids is 2. The van der Waals surface area contributed by atoms with Crippen LogP contribution < -0.4 is 10.6 Å². The molecule has 0 radical (unpaired) electrons. The number of nitrogens with one attached hydrogen (secondary N) is 2. The summed E-state index contributed by atoms with van der Waals surface area (Å²) in [5.41, 5.74) is 2.82. The van der Waals surface area contributed by atoms with Crippen molar-refractivity contribution in [3.05, 3.63) is 95.8 Å². The SMILES string of the molecule is CN(CCCNC(=O)c1cccc(NC(=O)c2cccnc2)c1)Cc1ccccc1. The molecule has 3 rings (SSSR count). The second kappa shape index (κ2) is 10.9. The Hall–Kier alpha value is -3.51. The van der Waals surface area contributed by atoms with Crippen LogP contribution in [-0.4, -0.2) is 41.8 Å².